The molecule has 82 valence electrons. The van der Waals surface area contributed by atoms with Crippen LogP contribution in [0.1, 0.15) is 18.4 Å². The van der Waals surface area contributed by atoms with Gasteiger partial charge >= 0.3 is 0 Å². The molecule has 1 saturated heterocycles. The molecule has 0 aromatic heterocycles. The molecule has 1 atom stereocenters. The van der Waals surface area contributed by atoms with Gasteiger partial charge in [-0.1, -0.05) is 18.2 Å². The van der Waals surface area contributed by atoms with Gasteiger partial charge in [0.25, 0.3) is 5.92 Å². The topological polar surface area (TPSA) is 0 Å². The van der Waals surface area contributed by atoms with Gasteiger partial charge in [0.15, 0.2) is 0 Å². The quantitative estimate of drug-likeness (QED) is 0.747. The van der Waals surface area contributed by atoms with Crippen molar-refractivity contribution in [3.63, 3.8) is 0 Å². The molecule has 2 rings (SSSR count). The molecule has 0 N–H and O–H groups in total. The van der Waals surface area contributed by atoms with Gasteiger partial charge in [-0.25, -0.2) is 4.39 Å². The van der Waals surface area contributed by atoms with Crippen molar-refractivity contribution in [2.75, 3.05) is 5.75 Å². The molecule has 0 aliphatic carbocycles. The number of halogens is 3. The van der Waals surface area contributed by atoms with E-state index in [1.807, 2.05) is 0 Å². The van der Waals surface area contributed by atoms with Crippen molar-refractivity contribution in [3.05, 3.63) is 35.6 Å². The first-order valence-electron chi connectivity index (χ1n) is 4.87. The number of alkyl halides is 2. The van der Waals surface area contributed by atoms with E-state index in [1.54, 1.807) is 0 Å². The van der Waals surface area contributed by atoms with Crippen molar-refractivity contribution in [2.24, 2.45) is 0 Å². The maximum atomic E-state index is 13.9. The summed E-state index contributed by atoms with van der Waals surface area (Å²) in [5, 5.41) is -0.769. The van der Waals surface area contributed by atoms with Crippen LogP contribution in [0.3, 0.4) is 0 Å². The molecular formula is C11H11F3S. The Morgan fingerprint density at radius 2 is 2.00 bits per heavy atom. The molecule has 1 aromatic rings. The van der Waals surface area contributed by atoms with Crippen LogP contribution >= 0.6 is 11.8 Å². The van der Waals surface area contributed by atoms with Crippen LogP contribution in [-0.2, 0) is 5.92 Å². The summed E-state index contributed by atoms with van der Waals surface area (Å²) < 4.78 is 41.0. The number of rotatable bonds is 2. The van der Waals surface area contributed by atoms with E-state index in [2.05, 4.69) is 0 Å². The molecule has 4 heteroatoms. The van der Waals surface area contributed by atoms with Gasteiger partial charge in [0.2, 0.25) is 0 Å². The Bertz CT molecular complexity index is 345. The predicted octanol–water partition coefficient (Wildman–Crippen LogP) is 3.81. The van der Waals surface area contributed by atoms with E-state index in [4.69, 9.17) is 0 Å². The minimum Gasteiger partial charge on any atom is -0.206 e. The summed E-state index contributed by atoms with van der Waals surface area (Å²) in [5.74, 6) is -3.11. The zero-order chi connectivity index (χ0) is 10.9. The van der Waals surface area contributed by atoms with Gasteiger partial charge in [0.05, 0.1) is 10.8 Å². The van der Waals surface area contributed by atoms with E-state index in [9.17, 15) is 13.2 Å². The Balaban J connectivity index is 2.31. The highest BCUT2D eigenvalue weighted by molar-refractivity contribution is 8.00. The highest BCUT2D eigenvalue weighted by Crippen LogP contribution is 2.44. The molecule has 0 radical (unpaired) electrons. The number of hydrogen-bond donors (Lipinski definition) is 0. The minimum absolute atomic E-state index is 0.464. The fraction of sp³-hybridized carbons (Fsp3) is 0.455. The summed E-state index contributed by atoms with van der Waals surface area (Å²) in [6.07, 6.45) is 1.26. The molecule has 1 aromatic carbocycles. The van der Waals surface area contributed by atoms with Gasteiger partial charge in [-0.3, -0.25) is 0 Å². The third-order valence-corrected chi connectivity index (χ3v) is 4.03. The van der Waals surface area contributed by atoms with Gasteiger partial charge in [0, 0.05) is 0 Å². The van der Waals surface area contributed by atoms with Crippen molar-refractivity contribution in [1.82, 2.24) is 0 Å². The first-order valence-corrected chi connectivity index (χ1v) is 5.91. The zero-order valence-electron chi connectivity index (χ0n) is 8.05. The Morgan fingerprint density at radius 3 is 2.60 bits per heavy atom. The zero-order valence-corrected chi connectivity index (χ0v) is 8.87. The molecule has 1 aliphatic rings. The normalized spacial score (nSPS) is 21.9. The molecule has 1 aliphatic heterocycles. The van der Waals surface area contributed by atoms with Crippen LogP contribution in [0.25, 0.3) is 0 Å². The molecule has 1 heterocycles. The second-order valence-electron chi connectivity index (χ2n) is 3.60. The first-order chi connectivity index (χ1) is 7.12. The maximum Gasteiger partial charge on any atom is 0.287 e. The molecule has 0 nitrogen and oxygen atoms in total. The van der Waals surface area contributed by atoms with Crippen LogP contribution < -0.4 is 0 Å². The van der Waals surface area contributed by atoms with Gasteiger partial charge in [0.1, 0.15) is 5.82 Å². The molecule has 15 heavy (non-hydrogen) atoms. The van der Waals surface area contributed by atoms with Crippen molar-refractivity contribution in [1.29, 1.82) is 0 Å². The van der Waals surface area contributed by atoms with Crippen molar-refractivity contribution in [3.8, 4) is 0 Å². The van der Waals surface area contributed by atoms with E-state index in [0.717, 1.165) is 18.2 Å². The lowest BCUT2D eigenvalue weighted by atomic mass is 10.0. The number of benzene rings is 1. The van der Waals surface area contributed by atoms with Gasteiger partial charge in [-0.05, 0) is 24.7 Å². The molecule has 1 fully saturated rings. The summed E-state index contributed by atoms with van der Waals surface area (Å²) in [7, 11) is 0. The first kappa shape index (κ1) is 10.9. The highest BCUT2D eigenvalue weighted by atomic mass is 32.2. The average Bonchev–Trinajstić information content (AvgIpc) is 2.71. The fourth-order valence-corrected chi connectivity index (χ4v) is 3.06. The van der Waals surface area contributed by atoms with Gasteiger partial charge < -0.3 is 0 Å². The van der Waals surface area contributed by atoms with Gasteiger partial charge in [-0.2, -0.15) is 20.5 Å². The van der Waals surface area contributed by atoms with Crippen LogP contribution in [0.5, 0.6) is 0 Å². The lowest BCUT2D eigenvalue weighted by molar-refractivity contribution is -0.0102. The van der Waals surface area contributed by atoms with E-state index < -0.39 is 22.6 Å². The van der Waals surface area contributed by atoms with E-state index in [1.165, 1.54) is 30.0 Å². The van der Waals surface area contributed by atoms with E-state index in [0.29, 0.717) is 6.42 Å². The molecule has 0 spiro atoms. The molecule has 0 bridgehead atoms. The number of thioether (sulfide) groups is 1. The molecular weight excluding hydrogens is 221 g/mol. The summed E-state index contributed by atoms with van der Waals surface area (Å²) in [6.45, 7) is 0. The minimum atomic E-state index is -3.05. The van der Waals surface area contributed by atoms with Gasteiger partial charge in [-0.15, -0.1) is 0 Å². The van der Waals surface area contributed by atoms with E-state index >= 15 is 0 Å². The SMILES string of the molecule is Fc1ccccc1C(F)(F)C1CCCS1. The molecule has 1 unspecified atom stereocenters. The second-order valence-corrected chi connectivity index (χ2v) is 4.92. The number of hydrogen-bond acceptors (Lipinski definition) is 1. The smallest absolute Gasteiger partial charge is 0.206 e. The fourth-order valence-electron chi connectivity index (χ4n) is 1.77. The third kappa shape index (κ3) is 2.00. The lowest BCUT2D eigenvalue weighted by Crippen LogP contribution is -2.27. The largest absolute Gasteiger partial charge is 0.287 e. The summed E-state index contributed by atoms with van der Waals surface area (Å²) in [5.41, 5.74) is -0.468. The van der Waals surface area contributed by atoms with Crippen molar-refractivity contribution < 1.29 is 13.2 Å². The summed E-state index contributed by atoms with van der Waals surface area (Å²) in [4.78, 5) is 0. The van der Waals surface area contributed by atoms with E-state index in [-0.39, 0.29) is 0 Å². The van der Waals surface area contributed by atoms with Crippen LogP contribution in [0.2, 0.25) is 0 Å². The predicted molar refractivity (Wildman–Crippen MR) is 55.8 cm³/mol. The monoisotopic (exact) mass is 232 g/mol. The van der Waals surface area contributed by atoms with Crippen LogP contribution in [0, 0.1) is 5.82 Å². The third-order valence-electron chi connectivity index (χ3n) is 2.57. The summed E-state index contributed by atoms with van der Waals surface area (Å²) >= 11 is 1.24. The average molecular weight is 232 g/mol. The van der Waals surface area contributed by atoms with Crippen molar-refractivity contribution in [2.45, 2.75) is 24.0 Å². The van der Waals surface area contributed by atoms with Crippen LogP contribution in [-0.4, -0.2) is 11.0 Å². The Labute approximate surface area is 90.9 Å². The maximum absolute atomic E-state index is 13.9. The Morgan fingerprint density at radius 1 is 1.27 bits per heavy atom. The standard InChI is InChI=1S/C11H11F3S/c12-9-5-2-1-4-8(9)11(13,14)10-6-3-7-15-10/h1-2,4-5,10H,3,6-7H2. The molecule has 0 saturated carbocycles. The Hall–Kier alpha value is -0.640. The second kappa shape index (κ2) is 4.08. The molecule has 0 amide bonds. The lowest BCUT2D eigenvalue weighted by Gasteiger charge is -2.23. The van der Waals surface area contributed by atoms with Crippen LogP contribution in [0.15, 0.2) is 24.3 Å². The Kier molecular flexibility index (Phi) is 2.96. The van der Waals surface area contributed by atoms with Crippen molar-refractivity contribution >= 4 is 11.8 Å². The highest BCUT2D eigenvalue weighted by Gasteiger charge is 2.44. The summed E-state index contributed by atoms with van der Waals surface area (Å²) in [6, 6.07) is 5.14. The van der Waals surface area contributed by atoms with Crippen LogP contribution in [0.4, 0.5) is 13.2 Å².